The Morgan fingerprint density at radius 3 is 2.32 bits per heavy atom. The van der Waals surface area contributed by atoms with Crippen LogP contribution in [-0.4, -0.2) is 38.1 Å². The van der Waals surface area contributed by atoms with E-state index in [2.05, 4.69) is 6.92 Å². The minimum Gasteiger partial charge on any atom is -0.338 e. The number of sulfone groups is 1. The van der Waals surface area contributed by atoms with E-state index < -0.39 is 9.84 Å². The van der Waals surface area contributed by atoms with Gasteiger partial charge in [-0.05, 0) is 43.0 Å². The van der Waals surface area contributed by atoms with Crippen molar-refractivity contribution in [2.75, 3.05) is 12.8 Å². The van der Waals surface area contributed by atoms with E-state index in [4.69, 9.17) is 0 Å². The molecule has 0 unspecified atom stereocenters. The molecule has 0 heterocycles. The molecule has 0 saturated heterocycles. The first-order valence-corrected chi connectivity index (χ1v) is 9.62. The van der Waals surface area contributed by atoms with Crippen molar-refractivity contribution in [1.82, 2.24) is 4.90 Å². The molecule has 1 aliphatic carbocycles. The molecular formula is C17H25NO3S. The summed E-state index contributed by atoms with van der Waals surface area (Å²) in [4.78, 5) is 14.7. The quantitative estimate of drug-likeness (QED) is 0.855. The van der Waals surface area contributed by atoms with E-state index in [9.17, 15) is 13.2 Å². The zero-order chi connectivity index (χ0) is 16.3. The third-order valence-corrected chi connectivity index (χ3v) is 6.47. The summed E-state index contributed by atoms with van der Waals surface area (Å²) in [6.07, 6.45) is 4.62. The van der Waals surface area contributed by atoms with Gasteiger partial charge in [-0.2, -0.15) is 0 Å². The largest absolute Gasteiger partial charge is 0.338 e. The summed E-state index contributed by atoms with van der Waals surface area (Å²) in [7, 11) is -1.36. The van der Waals surface area contributed by atoms with Crippen LogP contribution in [0.25, 0.3) is 0 Å². The molecule has 5 heteroatoms. The number of benzene rings is 1. The average molecular weight is 323 g/mol. The van der Waals surface area contributed by atoms with Crippen LogP contribution >= 0.6 is 0 Å². The van der Waals surface area contributed by atoms with E-state index in [1.54, 1.807) is 19.1 Å². The van der Waals surface area contributed by atoms with Crippen LogP contribution in [0.3, 0.4) is 0 Å². The van der Waals surface area contributed by atoms with Crippen LogP contribution in [0.1, 0.15) is 49.9 Å². The van der Waals surface area contributed by atoms with Crippen molar-refractivity contribution < 1.29 is 13.2 Å². The Morgan fingerprint density at radius 2 is 1.77 bits per heavy atom. The molecule has 1 aliphatic rings. The number of carbonyl (C=O) groups excluding carboxylic acids is 1. The van der Waals surface area contributed by atoms with E-state index in [1.165, 1.54) is 25.0 Å². The lowest BCUT2D eigenvalue weighted by Gasteiger charge is -2.36. The second-order valence-corrected chi connectivity index (χ2v) is 8.45. The Hall–Kier alpha value is -1.36. The van der Waals surface area contributed by atoms with E-state index >= 15 is 0 Å². The standard InChI is InChI=1S/C17H25NO3S/c1-4-22(20,21)15-11-9-14(10-12-15)17(19)18(3)16-8-6-5-7-13(16)2/h9-13,16H,4-8H2,1-3H3/t13-,16-/m0/s1. The Morgan fingerprint density at radius 1 is 1.18 bits per heavy atom. The lowest BCUT2D eigenvalue weighted by atomic mass is 9.85. The first-order chi connectivity index (χ1) is 10.4. The predicted molar refractivity (Wildman–Crippen MR) is 87.7 cm³/mol. The average Bonchev–Trinajstić information content (AvgIpc) is 2.54. The molecule has 2 atom stereocenters. The highest BCUT2D eigenvalue weighted by Crippen LogP contribution is 2.28. The smallest absolute Gasteiger partial charge is 0.253 e. The molecular weight excluding hydrogens is 298 g/mol. The van der Waals surface area contributed by atoms with Gasteiger partial charge >= 0.3 is 0 Å². The van der Waals surface area contributed by atoms with Gasteiger partial charge in [0.1, 0.15) is 0 Å². The number of nitrogens with zero attached hydrogens (tertiary/aromatic N) is 1. The summed E-state index contributed by atoms with van der Waals surface area (Å²) < 4.78 is 23.6. The lowest BCUT2D eigenvalue weighted by Crippen LogP contribution is -2.42. The van der Waals surface area contributed by atoms with E-state index in [0.717, 1.165) is 12.8 Å². The van der Waals surface area contributed by atoms with Crippen LogP contribution in [0.15, 0.2) is 29.2 Å². The topological polar surface area (TPSA) is 54.5 Å². The molecule has 0 radical (unpaired) electrons. The molecule has 1 amide bonds. The van der Waals surface area contributed by atoms with Crippen molar-refractivity contribution in [1.29, 1.82) is 0 Å². The fraction of sp³-hybridized carbons (Fsp3) is 0.588. The first-order valence-electron chi connectivity index (χ1n) is 7.96. The van der Waals surface area contributed by atoms with Gasteiger partial charge in [0.05, 0.1) is 10.6 Å². The molecule has 22 heavy (non-hydrogen) atoms. The molecule has 2 rings (SSSR count). The molecule has 0 N–H and O–H groups in total. The fourth-order valence-electron chi connectivity index (χ4n) is 3.20. The van der Waals surface area contributed by atoms with Gasteiger partial charge in [0, 0.05) is 18.7 Å². The van der Waals surface area contributed by atoms with Gasteiger partial charge in [0.15, 0.2) is 9.84 Å². The van der Waals surface area contributed by atoms with Crippen LogP contribution in [-0.2, 0) is 9.84 Å². The van der Waals surface area contributed by atoms with Gasteiger partial charge in [0.2, 0.25) is 0 Å². The summed E-state index contributed by atoms with van der Waals surface area (Å²) in [5.74, 6) is 0.557. The zero-order valence-electron chi connectivity index (χ0n) is 13.6. The normalized spacial score (nSPS) is 22.3. The predicted octanol–water partition coefficient (Wildman–Crippen LogP) is 3.13. The van der Waals surface area contributed by atoms with E-state index in [1.807, 2.05) is 11.9 Å². The highest BCUT2D eigenvalue weighted by molar-refractivity contribution is 7.91. The summed E-state index contributed by atoms with van der Waals surface area (Å²) in [5.41, 5.74) is 0.551. The van der Waals surface area contributed by atoms with E-state index in [-0.39, 0.29) is 22.6 Å². The highest BCUT2D eigenvalue weighted by atomic mass is 32.2. The Balaban J connectivity index is 2.15. The first kappa shape index (κ1) is 17.0. The molecule has 4 nitrogen and oxygen atoms in total. The maximum atomic E-state index is 12.6. The Bertz CT molecular complexity index is 622. The molecule has 0 bridgehead atoms. The lowest BCUT2D eigenvalue weighted by molar-refractivity contribution is 0.0629. The monoisotopic (exact) mass is 323 g/mol. The van der Waals surface area contributed by atoms with Crippen molar-refractivity contribution in [2.24, 2.45) is 5.92 Å². The van der Waals surface area contributed by atoms with Crippen LogP contribution in [0.2, 0.25) is 0 Å². The van der Waals surface area contributed by atoms with Crippen molar-refractivity contribution in [3.05, 3.63) is 29.8 Å². The van der Waals surface area contributed by atoms with Gasteiger partial charge in [-0.25, -0.2) is 8.42 Å². The van der Waals surface area contributed by atoms with Gasteiger partial charge < -0.3 is 4.90 Å². The second kappa shape index (κ2) is 6.82. The maximum Gasteiger partial charge on any atom is 0.253 e. The minimum atomic E-state index is -3.22. The van der Waals surface area contributed by atoms with Crippen molar-refractivity contribution in [3.8, 4) is 0 Å². The van der Waals surface area contributed by atoms with E-state index in [0.29, 0.717) is 11.5 Å². The van der Waals surface area contributed by atoms with Gasteiger partial charge in [-0.1, -0.05) is 26.7 Å². The van der Waals surface area contributed by atoms with Gasteiger partial charge in [-0.3, -0.25) is 4.79 Å². The van der Waals surface area contributed by atoms with Crippen LogP contribution in [0.4, 0.5) is 0 Å². The summed E-state index contributed by atoms with van der Waals surface area (Å²) in [6.45, 7) is 3.82. The van der Waals surface area contributed by atoms with Gasteiger partial charge in [0.25, 0.3) is 5.91 Å². The highest BCUT2D eigenvalue weighted by Gasteiger charge is 2.28. The third kappa shape index (κ3) is 3.51. The van der Waals surface area contributed by atoms with Crippen LogP contribution in [0.5, 0.6) is 0 Å². The molecule has 0 aliphatic heterocycles. The number of amides is 1. The minimum absolute atomic E-state index is 0.0285. The van der Waals surface area contributed by atoms with Crippen molar-refractivity contribution in [2.45, 2.75) is 50.5 Å². The molecule has 1 saturated carbocycles. The zero-order valence-corrected chi connectivity index (χ0v) is 14.4. The van der Waals surface area contributed by atoms with Crippen molar-refractivity contribution in [3.63, 3.8) is 0 Å². The summed E-state index contributed by atoms with van der Waals surface area (Å²) >= 11 is 0. The number of rotatable bonds is 4. The summed E-state index contributed by atoms with van der Waals surface area (Å²) in [6, 6.07) is 6.58. The Labute approximate surface area is 133 Å². The molecule has 1 fully saturated rings. The second-order valence-electron chi connectivity index (χ2n) is 6.17. The number of hydrogen-bond acceptors (Lipinski definition) is 3. The maximum absolute atomic E-state index is 12.6. The van der Waals surface area contributed by atoms with Crippen molar-refractivity contribution >= 4 is 15.7 Å². The van der Waals surface area contributed by atoms with Crippen LogP contribution in [0, 0.1) is 5.92 Å². The molecule has 0 aromatic heterocycles. The number of hydrogen-bond donors (Lipinski definition) is 0. The molecule has 122 valence electrons. The molecule has 1 aromatic rings. The molecule has 1 aromatic carbocycles. The molecule has 0 spiro atoms. The third-order valence-electron chi connectivity index (χ3n) is 4.72. The van der Waals surface area contributed by atoms with Gasteiger partial charge in [-0.15, -0.1) is 0 Å². The SMILES string of the molecule is CCS(=O)(=O)c1ccc(C(=O)N(C)[C@H]2CCCC[C@@H]2C)cc1. The summed E-state index contributed by atoms with van der Waals surface area (Å²) in [5, 5.41) is 0. The fourth-order valence-corrected chi connectivity index (χ4v) is 4.08. The van der Waals surface area contributed by atoms with Crippen LogP contribution < -0.4 is 0 Å². The Kier molecular flexibility index (Phi) is 5.27. The number of carbonyl (C=O) groups is 1.